The van der Waals surface area contributed by atoms with Crippen molar-refractivity contribution in [3.63, 3.8) is 0 Å². The van der Waals surface area contributed by atoms with Gasteiger partial charge < -0.3 is 9.47 Å². The van der Waals surface area contributed by atoms with Crippen LogP contribution in [-0.4, -0.2) is 18.5 Å². The van der Waals surface area contributed by atoms with Gasteiger partial charge in [0.05, 0.1) is 22.3 Å². The molecule has 1 aliphatic heterocycles. The summed E-state index contributed by atoms with van der Waals surface area (Å²) in [6, 6.07) is 11.2. The summed E-state index contributed by atoms with van der Waals surface area (Å²) in [5.74, 6) is 1.67. The van der Waals surface area contributed by atoms with Crippen molar-refractivity contribution < 1.29 is 14.3 Å². The summed E-state index contributed by atoms with van der Waals surface area (Å²) in [5.41, 5.74) is 0.981. The monoisotopic (exact) mass is 411 g/mol. The van der Waals surface area contributed by atoms with Gasteiger partial charge in [-0.05, 0) is 56.7 Å². The number of anilines is 1. The number of fused-ring (bicyclic) bond motifs is 1. The molecule has 1 amide bonds. The van der Waals surface area contributed by atoms with Gasteiger partial charge in [-0.1, -0.05) is 23.2 Å². The zero-order chi connectivity index (χ0) is 18.7. The van der Waals surface area contributed by atoms with Gasteiger partial charge >= 0.3 is 6.09 Å². The first-order valence-corrected chi connectivity index (χ1v) is 9.94. The molecule has 0 radical (unpaired) electrons. The van der Waals surface area contributed by atoms with Gasteiger partial charge in [0.15, 0.2) is 0 Å². The molecule has 26 heavy (non-hydrogen) atoms. The largest absolute Gasteiger partial charge is 0.494 e. The Morgan fingerprint density at radius 2 is 1.96 bits per heavy atom. The minimum Gasteiger partial charge on any atom is -0.494 e. The zero-order valence-corrected chi connectivity index (χ0v) is 16.8. The molecule has 3 rings (SSSR count). The van der Waals surface area contributed by atoms with Crippen LogP contribution in [0.3, 0.4) is 0 Å². The number of carbonyl (C=O) groups is 1. The van der Waals surface area contributed by atoms with E-state index in [0.717, 1.165) is 34.1 Å². The second-order valence-corrected chi connectivity index (χ2v) is 8.34. The lowest BCUT2D eigenvalue weighted by Crippen LogP contribution is -2.34. The SMILES string of the molecule is CC1(C)OC(=O)Nc2ccc(OCCCSc3ccc(Cl)c(Cl)c3)cc21. The molecular formula is C19H19Cl2NO3S. The van der Waals surface area contributed by atoms with Gasteiger partial charge in [0, 0.05) is 16.2 Å². The van der Waals surface area contributed by atoms with E-state index in [1.54, 1.807) is 17.8 Å². The Morgan fingerprint density at radius 1 is 1.15 bits per heavy atom. The highest BCUT2D eigenvalue weighted by Crippen LogP contribution is 2.37. The summed E-state index contributed by atoms with van der Waals surface area (Å²) in [6.45, 7) is 4.32. The number of thioether (sulfide) groups is 1. The molecule has 7 heteroatoms. The summed E-state index contributed by atoms with van der Waals surface area (Å²) in [4.78, 5) is 12.6. The highest BCUT2D eigenvalue weighted by molar-refractivity contribution is 7.99. The van der Waals surface area contributed by atoms with E-state index in [9.17, 15) is 4.79 Å². The second-order valence-electron chi connectivity index (χ2n) is 6.36. The van der Waals surface area contributed by atoms with Gasteiger partial charge in [-0.3, -0.25) is 5.32 Å². The van der Waals surface area contributed by atoms with E-state index >= 15 is 0 Å². The molecule has 2 aromatic carbocycles. The number of hydrogen-bond acceptors (Lipinski definition) is 4. The van der Waals surface area contributed by atoms with Crippen LogP contribution >= 0.6 is 35.0 Å². The molecule has 0 unspecified atom stereocenters. The first kappa shape index (κ1) is 19.2. The highest BCUT2D eigenvalue weighted by atomic mass is 35.5. The van der Waals surface area contributed by atoms with Gasteiger partial charge in [-0.2, -0.15) is 0 Å². The molecule has 4 nitrogen and oxygen atoms in total. The third-order valence-electron chi connectivity index (χ3n) is 3.94. The fourth-order valence-corrected chi connectivity index (χ4v) is 3.87. The van der Waals surface area contributed by atoms with Crippen LogP contribution in [0, 0.1) is 0 Å². The molecule has 0 saturated heterocycles. The van der Waals surface area contributed by atoms with Gasteiger partial charge in [-0.25, -0.2) is 4.79 Å². The molecule has 0 aromatic heterocycles. The smallest absolute Gasteiger partial charge is 0.412 e. The summed E-state index contributed by atoms with van der Waals surface area (Å²) in [5, 5.41) is 3.84. The van der Waals surface area contributed by atoms with Crippen LogP contribution in [0.2, 0.25) is 10.0 Å². The van der Waals surface area contributed by atoms with Crippen LogP contribution in [0.1, 0.15) is 25.8 Å². The van der Waals surface area contributed by atoms with E-state index in [2.05, 4.69) is 5.32 Å². The Balaban J connectivity index is 1.51. The van der Waals surface area contributed by atoms with Crippen molar-refractivity contribution in [3.8, 4) is 5.75 Å². The average molecular weight is 412 g/mol. The first-order chi connectivity index (χ1) is 12.3. The molecule has 0 aliphatic carbocycles. The maximum Gasteiger partial charge on any atom is 0.412 e. The van der Waals surface area contributed by atoms with Crippen molar-refractivity contribution in [1.82, 2.24) is 0 Å². The van der Waals surface area contributed by atoms with E-state index in [4.69, 9.17) is 32.7 Å². The van der Waals surface area contributed by atoms with E-state index in [1.165, 1.54) is 0 Å². The van der Waals surface area contributed by atoms with Gasteiger partial charge in [0.25, 0.3) is 0 Å². The Labute approximate surface area is 167 Å². The van der Waals surface area contributed by atoms with Crippen molar-refractivity contribution in [2.24, 2.45) is 0 Å². The number of halogens is 2. The fraction of sp³-hybridized carbons (Fsp3) is 0.316. The van der Waals surface area contributed by atoms with Crippen LogP contribution < -0.4 is 10.1 Å². The zero-order valence-electron chi connectivity index (χ0n) is 14.5. The summed E-state index contributed by atoms with van der Waals surface area (Å²) in [7, 11) is 0. The Kier molecular flexibility index (Phi) is 5.90. The third kappa shape index (κ3) is 4.58. The topological polar surface area (TPSA) is 47.6 Å². The lowest BCUT2D eigenvalue weighted by atomic mass is 9.94. The number of carbonyl (C=O) groups excluding carboxylic acids is 1. The lowest BCUT2D eigenvalue weighted by molar-refractivity contribution is 0.0418. The van der Waals surface area contributed by atoms with Crippen LogP contribution in [-0.2, 0) is 10.3 Å². The number of cyclic esters (lactones) is 1. The minimum absolute atomic E-state index is 0.435. The predicted molar refractivity (Wildman–Crippen MR) is 107 cm³/mol. The Bertz CT molecular complexity index is 826. The van der Waals surface area contributed by atoms with Gasteiger partial charge in [0.1, 0.15) is 11.4 Å². The molecule has 0 atom stereocenters. The van der Waals surface area contributed by atoms with E-state index in [0.29, 0.717) is 16.7 Å². The van der Waals surface area contributed by atoms with Crippen LogP contribution in [0.4, 0.5) is 10.5 Å². The first-order valence-electron chi connectivity index (χ1n) is 8.20. The number of amides is 1. The number of ether oxygens (including phenoxy) is 2. The van der Waals surface area contributed by atoms with Crippen molar-refractivity contribution in [1.29, 1.82) is 0 Å². The van der Waals surface area contributed by atoms with E-state index in [1.807, 2.05) is 44.2 Å². The standard InChI is InChI=1S/C19H19Cl2NO3S/c1-19(2)14-10-12(4-7-17(14)22-18(23)25-19)24-8-3-9-26-13-5-6-15(20)16(21)11-13/h4-7,10-11H,3,8-9H2,1-2H3,(H,22,23). The number of nitrogens with one attached hydrogen (secondary N) is 1. The van der Waals surface area contributed by atoms with Crippen LogP contribution in [0.25, 0.3) is 0 Å². The minimum atomic E-state index is -0.680. The van der Waals surface area contributed by atoms with Crippen LogP contribution in [0.5, 0.6) is 5.75 Å². The van der Waals surface area contributed by atoms with Crippen LogP contribution in [0.15, 0.2) is 41.3 Å². The number of rotatable bonds is 6. The lowest BCUT2D eigenvalue weighted by Gasteiger charge is -2.32. The number of hydrogen-bond donors (Lipinski definition) is 1. The molecule has 0 bridgehead atoms. The van der Waals surface area contributed by atoms with Gasteiger partial charge in [0.2, 0.25) is 0 Å². The molecule has 138 valence electrons. The molecular weight excluding hydrogens is 393 g/mol. The molecule has 0 saturated carbocycles. The summed E-state index contributed by atoms with van der Waals surface area (Å²) in [6.07, 6.45) is 0.453. The van der Waals surface area contributed by atoms with E-state index in [-0.39, 0.29) is 0 Å². The normalized spacial score (nSPS) is 15.0. The van der Waals surface area contributed by atoms with Crippen molar-refractivity contribution >= 4 is 46.7 Å². The molecule has 1 N–H and O–H groups in total. The maximum absolute atomic E-state index is 11.5. The Morgan fingerprint density at radius 3 is 2.73 bits per heavy atom. The molecule has 0 spiro atoms. The Hall–Kier alpha value is -1.56. The van der Waals surface area contributed by atoms with Gasteiger partial charge in [-0.15, -0.1) is 11.8 Å². The number of benzene rings is 2. The molecule has 1 aliphatic rings. The van der Waals surface area contributed by atoms with Crippen molar-refractivity contribution in [3.05, 3.63) is 52.0 Å². The summed E-state index contributed by atoms with van der Waals surface area (Å²) >= 11 is 13.6. The van der Waals surface area contributed by atoms with E-state index < -0.39 is 11.7 Å². The predicted octanol–water partition coefficient (Wildman–Crippen LogP) is 6.35. The fourth-order valence-electron chi connectivity index (χ4n) is 2.65. The highest BCUT2D eigenvalue weighted by Gasteiger charge is 2.33. The third-order valence-corrected chi connectivity index (χ3v) is 5.76. The quantitative estimate of drug-likeness (QED) is 0.444. The van der Waals surface area contributed by atoms with Crippen molar-refractivity contribution in [2.45, 2.75) is 30.8 Å². The second kappa shape index (κ2) is 7.99. The molecule has 0 fully saturated rings. The molecule has 1 heterocycles. The van der Waals surface area contributed by atoms with Crippen molar-refractivity contribution in [2.75, 3.05) is 17.7 Å². The average Bonchev–Trinajstić information content (AvgIpc) is 2.57. The maximum atomic E-state index is 11.5. The summed E-state index contributed by atoms with van der Waals surface area (Å²) < 4.78 is 11.2. The molecule has 2 aromatic rings.